The number of hydrogen-bond acceptors (Lipinski definition) is 8. The smallest absolute Gasteiger partial charge is 0.256 e. The number of benzene rings is 1. The van der Waals surface area contributed by atoms with Crippen molar-refractivity contribution in [1.29, 1.82) is 0 Å². The number of para-hydroxylation sites is 1. The number of aromatic amines is 1. The van der Waals surface area contributed by atoms with Gasteiger partial charge < -0.3 is 25.3 Å². The first-order valence-electron chi connectivity index (χ1n) is 12.9. The Bertz CT molecular complexity index is 1390. The van der Waals surface area contributed by atoms with Gasteiger partial charge in [-0.3, -0.25) is 14.4 Å². The number of nitrogens with one attached hydrogen (secondary N) is 3. The van der Waals surface area contributed by atoms with Crippen LogP contribution in [-0.4, -0.2) is 87.3 Å². The van der Waals surface area contributed by atoms with E-state index in [0.29, 0.717) is 24.1 Å². The molecule has 0 atom stereocenters. The SMILES string of the molecule is CC.COc1nn(C)cc1Nc1ncc(C)c(-c2c[nH]c3c(NC(=O)CN4CCN(C)CC4)cccc23)n1. The topological polar surface area (TPSA) is 116 Å². The summed E-state index contributed by atoms with van der Waals surface area (Å²) in [5, 5.41) is 11.5. The molecule has 1 saturated heterocycles. The van der Waals surface area contributed by atoms with Crippen LogP contribution in [0.5, 0.6) is 5.88 Å². The Kier molecular flexibility index (Phi) is 8.59. The van der Waals surface area contributed by atoms with Gasteiger partial charge >= 0.3 is 0 Å². The number of aryl methyl sites for hydroxylation is 2. The van der Waals surface area contributed by atoms with Gasteiger partial charge in [0.15, 0.2) is 0 Å². The van der Waals surface area contributed by atoms with Crippen molar-refractivity contribution >= 4 is 34.1 Å². The molecule has 202 valence electrons. The van der Waals surface area contributed by atoms with Crippen molar-refractivity contribution in [1.82, 2.24) is 34.5 Å². The summed E-state index contributed by atoms with van der Waals surface area (Å²) in [4.78, 5) is 29.8. The molecule has 1 aromatic carbocycles. The van der Waals surface area contributed by atoms with Crippen molar-refractivity contribution in [3.05, 3.63) is 42.4 Å². The molecule has 3 N–H and O–H groups in total. The summed E-state index contributed by atoms with van der Waals surface area (Å²) in [7, 11) is 5.50. The lowest BCUT2D eigenvalue weighted by Crippen LogP contribution is -2.47. The molecule has 0 spiro atoms. The Labute approximate surface area is 223 Å². The number of piperazine rings is 1. The highest BCUT2D eigenvalue weighted by Crippen LogP contribution is 2.34. The normalized spacial score (nSPS) is 14.2. The van der Waals surface area contributed by atoms with E-state index in [2.05, 4.69) is 42.5 Å². The number of ether oxygens (including phenoxy) is 1. The van der Waals surface area contributed by atoms with E-state index in [1.807, 2.05) is 58.4 Å². The molecule has 1 amide bonds. The van der Waals surface area contributed by atoms with Gasteiger partial charge in [-0.2, -0.15) is 0 Å². The molecule has 1 aliphatic rings. The van der Waals surface area contributed by atoms with E-state index >= 15 is 0 Å². The zero-order valence-corrected chi connectivity index (χ0v) is 23.0. The Hall–Kier alpha value is -3.96. The first kappa shape index (κ1) is 27.1. The fourth-order valence-corrected chi connectivity index (χ4v) is 4.45. The van der Waals surface area contributed by atoms with Gasteiger partial charge in [0.25, 0.3) is 5.88 Å². The molecule has 0 radical (unpaired) electrons. The summed E-state index contributed by atoms with van der Waals surface area (Å²) in [5.41, 5.74) is 4.95. The monoisotopic (exact) mass is 519 g/mol. The maximum Gasteiger partial charge on any atom is 0.256 e. The van der Waals surface area contributed by atoms with E-state index in [1.54, 1.807) is 18.0 Å². The van der Waals surface area contributed by atoms with Gasteiger partial charge in [0.05, 0.1) is 36.7 Å². The van der Waals surface area contributed by atoms with Gasteiger partial charge in [0, 0.05) is 56.6 Å². The van der Waals surface area contributed by atoms with Gasteiger partial charge in [-0.25, -0.2) is 9.97 Å². The standard InChI is InChI=1S/C25H31N9O2.C2H6/c1-16-12-27-25(29-20-14-33(3)31-24(20)36-4)30-22(16)18-13-26-23-17(18)6-5-7-19(23)28-21(35)15-34-10-8-32(2)9-11-34;1-2/h5-7,12-14,26H,8-11,15H2,1-4H3,(H,28,35)(H,27,29,30);1-2H3. The largest absolute Gasteiger partial charge is 0.478 e. The van der Waals surface area contributed by atoms with E-state index < -0.39 is 0 Å². The van der Waals surface area contributed by atoms with Crippen LogP contribution in [-0.2, 0) is 11.8 Å². The molecular formula is C27H37N9O2. The van der Waals surface area contributed by atoms with E-state index in [9.17, 15) is 4.79 Å². The lowest BCUT2D eigenvalue weighted by molar-refractivity contribution is -0.117. The second-order valence-corrected chi connectivity index (χ2v) is 9.13. The molecule has 1 fully saturated rings. The van der Waals surface area contributed by atoms with Crippen LogP contribution < -0.4 is 15.4 Å². The Morgan fingerprint density at radius 3 is 2.63 bits per heavy atom. The number of carbonyl (C=O) groups excluding carboxylic acids is 1. The number of carbonyl (C=O) groups is 1. The number of anilines is 3. The molecule has 0 unspecified atom stereocenters. The zero-order valence-electron chi connectivity index (χ0n) is 23.0. The predicted octanol–water partition coefficient (Wildman–Crippen LogP) is 3.63. The fraction of sp³-hybridized carbons (Fsp3) is 0.407. The van der Waals surface area contributed by atoms with Crippen LogP contribution >= 0.6 is 0 Å². The van der Waals surface area contributed by atoms with E-state index in [-0.39, 0.29) is 5.91 Å². The first-order valence-corrected chi connectivity index (χ1v) is 12.9. The average molecular weight is 520 g/mol. The van der Waals surface area contributed by atoms with Gasteiger partial charge in [0.2, 0.25) is 11.9 Å². The summed E-state index contributed by atoms with van der Waals surface area (Å²) in [6.45, 7) is 10.1. The number of rotatable bonds is 7. The predicted molar refractivity (Wildman–Crippen MR) is 151 cm³/mol. The lowest BCUT2D eigenvalue weighted by atomic mass is 10.1. The van der Waals surface area contributed by atoms with Crippen molar-refractivity contribution < 1.29 is 9.53 Å². The second kappa shape index (κ2) is 12.1. The number of H-pyrrole nitrogens is 1. The first-order chi connectivity index (χ1) is 18.4. The van der Waals surface area contributed by atoms with Gasteiger partial charge in [-0.1, -0.05) is 26.0 Å². The summed E-state index contributed by atoms with van der Waals surface area (Å²) < 4.78 is 6.99. The molecule has 0 bridgehead atoms. The minimum absolute atomic E-state index is 0.0154. The highest BCUT2D eigenvalue weighted by Gasteiger charge is 2.19. The molecule has 11 heteroatoms. The summed E-state index contributed by atoms with van der Waals surface area (Å²) in [5.74, 6) is 0.887. The lowest BCUT2D eigenvalue weighted by Gasteiger charge is -2.31. The minimum Gasteiger partial charge on any atom is -0.478 e. The number of aromatic nitrogens is 5. The number of likely N-dealkylation sites (N-methyl/N-ethyl adjacent to an activating group) is 1. The number of hydrogen-bond donors (Lipinski definition) is 3. The molecule has 5 rings (SSSR count). The Morgan fingerprint density at radius 1 is 1.13 bits per heavy atom. The van der Waals surface area contributed by atoms with Crippen LogP contribution in [0.15, 0.2) is 36.8 Å². The number of fused-ring (bicyclic) bond motifs is 1. The molecule has 1 aliphatic heterocycles. The molecule has 4 aromatic rings. The van der Waals surface area contributed by atoms with E-state index in [4.69, 9.17) is 9.72 Å². The maximum atomic E-state index is 12.8. The molecule has 0 aliphatic carbocycles. The summed E-state index contributed by atoms with van der Waals surface area (Å²) >= 11 is 0. The average Bonchev–Trinajstić information content (AvgIpc) is 3.51. The number of amides is 1. The zero-order chi connectivity index (χ0) is 27.2. The van der Waals surface area contributed by atoms with Crippen LogP contribution in [0.2, 0.25) is 0 Å². The number of nitrogens with zero attached hydrogens (tertiary/aromatic N) is 6. The Balaban J connectivity index is 0.00000164. The maximum absolute atomic E-state index is 12.8. The number of methoxy groups -OCH3 is 1. The third-order valence-corrected chi connectivity index (χ3v) is 6.41. The van der Waals surface area contributed by atoms with Crippen LogP contribution in [0.3, 0.4) is 0 Å². The highest BCUT2D eigenvalue weighted by molar-refractivity contribution is 6.06. The quantitative estimate of drug-likeness (QED) is 0.339. The highest BCUT2D eigenvalue weighted by atomic mass is 16.5. The fourth-order valence-electron chi connectivity index (χ4n) is 4.45. The van der Waals surface area contributed by atoms with E-state index in [0.717, 1.165) is 59.6 Å². The molecule has 11 nitrogen and oxygen atoms in total. The van der Waals surface area contributed by atoms with Crippen LogP contribution in [0.1, 0.15) is 19.4 Å². The van der Waals surface area contributed by atoms with Crippen molar-refractivity contribution in [3.63, 3.8) is 0 Å². The third-order valence-electron chi connectivity index (χ3n) is 6.41. The van der Waals surface area contributed by atoms with Crippen LogP contribution in [0.25, 0.3) is 22.2 Å². The van der Waals surface area contributed by atoms with Gasteiger partial charge in [-0.05, 0) is 25.6 Å². The molecule has 3 aromatic heterocycles. The second-order valence-electron chi connectivity index (χ2n) is 9.13. The van der Waals surface area contributed by atoms with Gasteiger partial charge in [-0.15, -0.1) is 5.10 Å². The summed E-state index contributed by atoms with van der Waals surface area (Å²) in [6.07, 6.45) is 5.52. The molecular weight excluding hydrogens is 482 g/mol. The summed E-state index contributed by atoms with van der Waals surface area (Å²) in [6, 6.07) is 5.89. The van der Waals surface area contributed by atoms with Crippen molar-refractivity contribution in [2.45, 2.75) is 20.8 Å². The molecule has 4 heterocycles. The molecule has 0 saturated carbocycles. The van der Waals surface area contributed by atoms with Crippen LogP contribution in [0, 0.1) is 6.92 Å². The molecule has 38 heavy (non-hydrogen) atoms. The van der Waals surface area contributed by atoms with Crippen molar-refractivity contribution in [2.75, 3.05) is 57.5 Å². The third kappa shape index (κ3) is 5.95. The minimum atomic E-state index is -0.0154. The van der Waals surface area contributed by atoms with Crippen molar-refractivity contribution in [3.8, 4) is 17.1 Å². The van der Waals surface area contributed by atoms with E-state index in [1.165, 1.54) is 0 Å². The van der Waals surface area contributed by atoms with Crippen LogP contribution in [0.4, 0.5) is 17.3 Å². The van der Waals surface area contributed by atoms with Gasteiger partial charge in [0.1, 0.15) is 5.69 Å². The van der Waals surface area contributed by atoms with Crippen molar-refractivity contribution in [2.24, 2.45) is 7.05 Å². The Morgan fingerprint density at radius 2 is 1.89 bits per heavy atom.